The minimum atomic E-state index is -0.827. The second kappa shape index (κ2) is 50.2. The first-order valence-electron chi connectivity index (χ1n) is 24.7. The highest BCUT2D eigenvalue weighted by Crippen LogP contribution is 2.11. The first-order chi connectivity index (χ1) is 31.0. The second-order valence-corrected chi connectivity index (χ2v) is 15.6. The standard InChI is InChI=1S/C57H88O6/c1-4-7-10-13-16-18-20-22-24-26-28-30-32-34-36-38-41-44-47-50-56(59)62-53-54(52-61-55(58)49-46-43-40-15-12-9-6-3)63-57(60)51-48-45-42-39-37-35-33-31-29-27-25-23-21-19-17-14-11-8-5-2/h7-8,10-11,16-19,22-25,28-31,34-37,41,44,54H,4-6,9,12-15,20-21,26-27,32-33,38-40,42-43,45-53H2,1-3H3/b10-7-,11-8-,18-16-,19-17-,24-22-,25-23-,30-28-,31-29-,36-34-,37-35-,44-41-. The van der Waals surface area contributed by atoms with E-state index < -0.39 is 6.10 Å². The van der Waals surface area contributed by atoms with Gasteiger partial charge in [-0.1, -0.05) is 199 Å². The third-order valence-corrected chi connectivity index (χ3v) is 9.66. The Morgan fingerprint density at radius 2 is 0.651 bits per heavy atom. The van der Waals surface area contributed by atoms with Crippen LogP contribution in [-0.4, -0.2) is 37.2 Å². The van der Waals surface area contributed by atoms with E-state index >= 15 is 0 Å². The van der Waals surface area contributed by atoms with Gasteiger partial charge in [-0.05, 0) is 103 Å². The number of esters is 3. The number of unbranched alkanes of at least 4 members (excludes halogenated alkanes) is 9. The Hall–Kier alpha value is -4.45. The van der Waals surface area contributed by atoms with E-state index in [9.17, 15) is 14.4 Å². The normalized spacial score (nSPS) is 13.3. The molecule has 63 heavy (non-hydrogen) atoms. The van der Waals surface area contributed by atoms with Crippen LogP contribution in [0.3, 0.4) is 0 Å². The fourth-order valence-electron chi connectivity index (χ4n) is 6.02. The summed E-state index contributed by atoms with van der Waals surface area (Å²) in [6, 6.07) is 0. The van der Waals surface area contributed by atoms with E-state index in [2.05, 4.69) is 142 Å². The van der Waals surface area contributed by atoms with E-state index in [-0.39, 0.29) is 44.0 Å². The van der Waals surface area contributed by atoms with Gasteiger partial charge in [0.25, 0.3) is 0 Å². The highest BCUT2D eigenvalue weighted by molar-refractivity contribution is 5.71. The van der Waals surface area contributed by atoms with E-state index in [1.807, 2.05) is 12.2 Å². The van der Waals surface area contributed by atoms with Crippen LogP contribution in [0.25, 0.3) is 0 Å². The smallest absolute Gasteiger partial charge is 0.306 e. The zero-order valence-corrected chi connectivity index (χ0v) is 40.0. The summed E-state index contributed by atoms with van der Waals surface area (Å²) < 4.78 is 16.6. The molecule has 0 N–H and O–H groups in total. The number of ether oxygens (including phenoxy) is 3. The molecular weight excluding hydrogens is 781 g/mol. The van der Waals surface area contributed by atoms with Crippen LogP contribution in [0.4, 0.5) is 0 Å². The lowest BCUT2D eigenvalue weighted by molar-refractivity contribution is -0.166. The maximum absolute atomic E-state index is 12.7. The maximum Gasteiger partial charge on any atom is 0.306 e. The van der Waals surface area contributed by atoms with Crippen molar-refractivity contribution in [2.75, 3.05) is 13.2 Å². The minimum absolute atomic E-state index is 0.119. The molecule has 352 valence electrons. The van der Waals surface area contributed by atoms with Gasteiger partial charge in [0.1, 0.15) is 13.2 Å². The molecule has 6 nitrogen and oxygen atoms in total. The van der Waals surface area contributed by atoms with Crippen LogP contribution in [0.1, 0.15) is 188 Å². The van der Waals surface area contributed by atoms with E-state index in [4.69, 9.17) is 14.2 Å². The molecule has 6 heteroatoms. The Bertz CT molecular complexity index is 1420. The Morgan fingerprint density at radius 3 is 1.06 bits per heavy atom. The molecule has 0 aromatic rings. The highest BCUT2D eigenvalue weighted by Gasteiger charge is 2.19. The first kappa shape index (κ1) is 58.6. The Balaban J connectivity index is 4.49. The minimum Gasteiger partial charge on any atom is -0.462 e. The van der Waals surface area contributed by atoms with Gasteiger partial charge < -0.3 is 14.2 Å². The van der Waals surface area contributed by atoms with Crippen LogP contribution in [0, 0.1) is 0 Å². The van der Waals surface area contributed by atoms with Gasteiger partial charge in [-0.25, -0.2) is 0 Å². The van der Waals surface area contributed by atoms with Crippen molar-refractivity contribution >= 4 is 17.9 Å². The van der Waals surface area contributed by atoms with Crippen LogP contribution in [0.15, 0.2) is 134 Å². The molecule has 0 heterocycles. The molecule has 0 bridgehead atoms. The zero-order valence-electron chi connectivity index (χ0n) is 40.0. The Labute approximate surface area is 385 Å². The summed E-state index contributed by atoms with van der Waals surface area (Å²) in [7, 11) is 0. The van der Waals surface area contributed by atoms with E-state index in [0.29, 0.717) is 19.3 Å². The number of hydrogen-bond donors (Lipinski definition) is 0. The molecule has 0 fully saturated rings. The number of hydrogen-bond acceptors (Lipinski definition) is 6. The quantitative estimate of drug-likeness (QED) is 0.0263. The van der Waals surface area contributed by atoms with Crippen LogP contribution < -0.4 is 0 Å². The van der Waals surface area contributed by atoms with E-state index in [1.165, 1.54) is 25.7 Å². The molecule has 0 aromatic heterocycles. The predicted octanol–water partition coefficient (Wildman–Crippen LogP) is 16.3. The van der Waals surface area contributed by atoms with Crippen LogP contribution in [0.5, 0.6) is 0 Å². The van der Waals surface area contributed by atoms with Crippen LogP contribution >= 0.6 is 0 Å². The molecule has 0 spiro atoms. The summed E-state index contributed by atoms with van der Waals surface area (Å²) in [6.07, 6.45) is 70.3. The van der Waals surface area contributed by atoms with Crippen molar-refractivity contribution in [3.8, 4) is 0 Å². The average molecular weight is 869 g/mol. The lowest BCUT2D eigenvalue weighted by Crippen LogP contribution is -2.30. The second-order valence-electron chi connectivity index (χ2n) is 15.6. The van der Waals surface area contributed by atoms with Crippen molar-refractivity contribution in [3.05, 3.63) is 134 Å². The van der Waals surface area contributed by atoms with Crippen molar-refractivity contribution in [1.82, 2.24) is 0 Å². The van der Waals surface area contributed by atoms with Gasteiger partial charge in [0.05, 0.1) is 0 Å². The van der Waals surface area contributed by atoms with Crippen molar-refractivity contribution < 1.29 is 28.6 Å². The van der Waals surface area contributed by atoms with Crippen LogP contribution in [0.2, 0.25) is 0 Å². The molecule has 1 unspecified atom stereocenters. The third-order valence-electron chi connectivity index (χ3n) is 9.66. The SMILES string of the molecule is CC/C=C\C/C=C\C/C=C\C/C=C\C/C=C\C/C=C\CCC(=O)OCC(COC(=O)CCCCCCCCC)OC(=O)CCCCC/C=C\C/C=C\C/C=C\C/C=C\C/C=C\CC. The van der Waals surface area contributed by atoms with Crippen LogP contribution in [-0.2, 0) is 28.6 Å². The van der Waals surface area contributed by atoms with Crippen molar-refractivity contribution in [1.29, 1.82) is 0 Å². The molecule has 0 saturated carbocycles. The lowest BCUT2D eigenvalue weighted by atomic mass is 10.1. The molecule has 0 aliphatic carbocycles. The lowest BCUT2D eigenvalue weighted by Gasteiger charge is -2.18. The average Bonchev–Trinajstić information content (AvgIpc) is 3.28. The Morgan fingerprint density at radius 1 is 0.333 bits per heavy atom. The van der Waals surface area contributed by atoms with Crippen molar-refractivity contribution in [2.24, 2.45) is 0 Å². The summed E-state index contributed by atoms with van der Waals surface area (Å²) in [4.78, 5) is 37.7. The number of carbonyl (C=O) groups is 3. The molecule has 1 atom stereocenters. The number of rotatable bonds is 42. The van der Waals surface area contributed by atoms with Gasteiger partial charge in [0.15, 0.2) is 6.10 Å². The Kier molecular flexibility index (Phi) is 46.7. The number of carbonyl (C=O) groups excluding carboxylic acids is 3. The highest BCUT2D eigenvalue weighted by atomic mass is 16.6. The van der Waals surface area contributed by atoms with Crippen molar-refractivity contribution in [2.45, 2.75) is 194 Å². The van der Waals surface area contributed by atoms with Gasteiger partial charge in [-0.15, -0.1) is 0 Å². The first-order valence-corrected chi connectivity index (χ1v) is 24.7. The summed E-state index contributed by atoms with van der Waals surface area (Å²) in [5.41, 5.74) is 0. The summed E-state index contributed by atoms with van der Waals surface area (Å²) in [5.74, 6) is -1.06. The van der Waals surface area contributed by atoms with Gasteiger partial charge in [-0.3, -0.25) is 14.4 Å². The fraction of sp³-hybridized carbons (Fsp3) is 0.561. The summed E-state index contributed by atoms with van der Waals surface area (Å²) in [5, 5.41) is 0. The van der Waals surface area contributed by atoms with E-state index in [1.54, 1.807) is 0 Å². The molecule has 0 amide bonds. The van der Waals surface area contributed by atoms with Gasteiger partial charge in [-0.2, -0.15) is 0 Å². The van der Waals surface area contributed by atoms with E-state index in [0.717, 1.165) is 109 Å². The van der Waals surface area contributed by atoms with Crippen molar-refractivity contribution in [3.63, 3.8) is 0 Å². The maximum atomic E-state index is 12.7. The largest absolute Gasteiger partial charge is 0.462 e. The molecule has 0 saturated heterocycles. The molecule has 0 aliphatic rings. The monoisotopic (exact) mass is 869 g/mol. The number of allylic oxidation sites excluding steroid dienone is 22. The topological polar surface area (TPSA) is 78.9 Å². The molecule has 0 aromatic carbocycles. The molecule has 0 rings (SSSR count). The molecule has 0 radical (unpaired) electrons. The fourth-order valence-corrected chi connectivity index (χ4v) is 6.02. The molecule has 0 aliphatic heterocycles. The molecular formula is C57H88O6. The third kappa shape index (κ3) is 48.4. The van der Waals surface area contributed by atoms with Gasteiger partial charge in [0.2, 0.25) is 0 Å². The summed E-state index contributed by atoms with van der Waals surface area (Å²) in [6.45, 7) is 6.24. The zero-order chi connectivity index (χ0) is 45.8. The van der Waals surface area contributed by atoms with Gasteiger partial charge >= 0.3 is 17.9 Å². The predicted molar refractivity (Wildman–Crippen MR) is 269 cm³/mol. The van der Waals surface area contributed by atoms with Gasteiger partial charge in [0, 0.05) is 19.3 Å². The summed E-state index contributed by atoms with van der Waals surface area (Å²) >= 11 is 0.